The lowest BCUT2D eigenvalue weighted by Crippen LogP contribution is -2.51. The molecule has 0 unspecified atom stereocenters. The van der Waals surface area contributed by atoms with Crippen LogP contribution >= 0.6 is 27.5 Å². The third-order valence-corrected chi connectivity index (χ3v) is 7.64. The molecule has 6 rings (SSSR count). The van der Waals surface area contributed by atoms with Gasteiger partial charge in [-0.15, -0.1) is 0 Å². The number of anilines is 1. The first-order valence-corrected chi connectivity index (χ1v) is 11.9. The van der Waals surface area contributed by atoms with Gasteiger partial charge in [-0.05, 0) is 35.9 Å². The van der Waals surface area contributed by atoms with Crippen LogP contribution in [-0.4, -0.2) is 29.0 Å². The Morgan fingerprint density at radius 2 is 1.57 bits per heavy atom. The standard InChI is InChI=1S/C26H14BrClFNO5/c27-13-5-3-4-12(10-13)21-19-20(25(34)30(24(19)33)14-8-9-18(29)17(28)11-14)26(35-21)22(31)15-6-1-2-7-16(15)23(26)32/h1-11,19-21H/t19-,20+,21+/m1/s1. The van der Waals surface area contributed by atoms with Gasteiger partial charge in [-0.3, -0.25) is 19.2 Å². The van der Waals surface area contributed by atoms with E-state index >= 15 is 0 Å². The fourth-order valence-corrected chi connectivity index (χ4v) is 5.97. The first-order valence-electron chi connectivity index (χ1n) is 10.7. The molecule has 2 saturated heterocycles. The van der Waals surface area contributed by atoms with Gasteiger partial charge in [0, 0.05) is 15.6 Å². The molecule has 35 heavy (non-hydrogen) atoms. The molecule has 174 valence electrons. The average molecular weight is 555 g/mol. The molecule has 2 aliphatic heterocycles. The molecule has 3 aromatic carbocycles. The average Bonchev–Trinajstić information content (AvgIpc) is 3.41. The van der Waals surface area contributed by atoms with E-state index in [2.05, 4.69) is 15.9 Å². The minimum absolute atomic E-state index is 0.0550. The summed E-state index contributed by atoms with van der Waals surface area (Å²) in [5, 5.41) is -0.268. The third-order valence-electron chi connectivity index (χ3n) is 6.86. The molecule has 3 aliphatic rings. The summed E-state index contributed by atoms with van der Waals surface area (Å²) in [4.78, 5) is 55.8. The second-order valence-corrected chi connectivity index (χ2v) is 9.97. The van der Waals surface area contributed by atoms with Crippen LogP contribution < -0.4 is 4.90 Å². The molecule has 0 aromatic heterocycles. The molecule has 3 atom stereocenters. The molecular formula is C26H14BrClFNO5. The van der Waals surface area contributed by atoms with Crippen molar-refractivity contribution in [3.05, 3.63) is 98.7 Å². The molecule has 0 N–H and O–H groups in total. The van der Waals surface area contributed by atoms with Crippen molar-refractivity contribution in [2.24, 2.45) is 11.8 Å². The van der Waals surface area contributed by atoms with Gasteiger partial charge in [0.1, 0.15) is 5.82 Å². The van der Waals surface area contributed by atoms with Crippen LogP contribution in [0.4, 0.5) is 10.1 Å². The molecule has 2 heterocycles. The summed E-state index contributed by atoms with van der Waals surface area (Å²) in [5.74, 6) is -5.97. The van der Waals surface area contributed by atoms with E-state index < -0.39 is 52.7 Å². The van der Waals surface area contributed by atoms with Crippen molar-refractivity contribution < 1.29 is 28.3 Å². The summed E-state index contributed by atoms with van der Waals surface area (Å²) < 4.78 is 20.7. The van der Waals surface area contributed by atoms with Crippen molar-refractivity contribution in [1.29, 1.82) is 0 Å². The highest BCUT2D eigenvalue weighted by Gasteiger charge is 2.74. The number of hydrogen-bond donors (Lipinski definition) is 0. The van der Waals surface area contributed by atoms with Crippen LogP contribution in [0.3, 0.4) is 0 Å². The summed E-state index contributed by atoms with van der Waals surface area (Å²) in [7, 11) is 0. The van der Waals surface area contributed by atoms with E-state index in [1.54, 1.807) is 36.4 Å². The number of benzene rings is 3. The Balaban J connectivity index is 1.55. The molecule has 0 saturated carbocycles. The second-order valence-electron chi connectivity index (χ2n) is 8.65. The lowest BCUT2D eigenvalue weighted by atomic mass is 9.77. The minimum Gasteiger partial charge on any atom is -0.349 e. The van der Waals surface area contributed by atoms with Gasteiger partial charge in [0.25, 0.3) is 0 Å². The molecule has 6 nitrogen and oxygen atoms in total. The normalized spacial score (nSPS) is 24.4. The van der Waals surface area contributed by atoms with E-state index in [-0.39, 0.29) is 21.8 Å². The van der Waals surface area contributed by atoms with Gasteiger partial charge in [-0.25, -0.2) is 9.29 Å². The number of halogens is 3. The largest absolute Gasteiger partial charge is 0.349 e. The van der Waals surface area contributed by atoms with Crippen molar-refractivity contribution in [1.82, 2.24) is 0 Å². The van der Waals surface area contributed by atoms with E-state index in [1.165, 1.54) is 24.3 Å². The van der Waals surface area contributed by atoms with Gasteiger partial charge in [0.2, 0.25) is 29.0 Å². The zero-order valence-electron chi connectivity index (χ0n) is 17.7. The van der Waals surface area contributed by atoms with Crippen LogP contribution in [0.25, 0.3) is 0 Å². The fourth-order valence-electron chi connectivity index (χ4n) is 5.38. The number of carbonyl (C=O) groups is 4. The molecule has 1 aliphatic carbocycles. The van der Waals surface area contributed by atoms with Crippen molar-refractivity contribution in [2.75, 3.05) is 4.90 Å². The molecule has 2 amide bonds. The predicted octanol–water partition coefficient (Wildman–Crippen LogP) is 4.94. The minimum atomic E-state index is -2.17. The maximum absolute atomic E-state index is 13.8. The van der Waals surface area contributed by atoms with Crippen LogP contribution in [0.2, 0.25) is 5.02 Å². The summed E-state index contributed by atoms with van der Waals surface area (Å²) in [5.41, 5.74) is -1.29. The van der Waals surface area contributed by atoms with Crippen molar-refractivity contribution in [3.63, 3.8) is 0 Å². The smallest absolute Gasteiger partial charge is 0.241 e. The monoisotopic (exact) mass is 553 g/mol. The molecule has 0 bridgehead atoms. The Hall–Kier alpha value is -3.20. The fraction of sp³-hybridized carbons (Fsp3) is 0.154. The van der Waals surface area contributed by atoms with Crippen LogP contribution in [0.15, 0.2) is 71.2 Å². The number of ketones is 2. The van der Waals surface area contributed by atoms with Crippen molar-refractivity contribution in [2.45, 2.75) is 11.7 Å². The summed E-state index contributed by atoms with van der Waals surface area (Å²) in [6.45, 7) is 0. The van der Waals surface area contributed by atoms with Gasteiger partial charge in [0.05, 0.1) is 28.6 Å². The Labute approximate surface area is 211 Å². The highest BCUT2D eigenvalue weighted by molar-refractivity contribution is 9.10. The predicted molar refractivity (Wildman–Crippen MR) is 127 cm³/mol. The van der Waals surface area contributed by atoms with E-state index in [0.717, 1.165) is 11.0 Å². The third kappa shape index (κ3) is 2.90. The molecule has 9 heteroatoms. The number of amides is 2. The summed E-state index contributed by atoms with van der Waals surface area (Å²) in [6.07, 6.45) is -1.04. The summed E-state index contributed by atoms with van der Waals surface area (Å²) >= 11 is 9.31. The number of imide groups is 1. The number of rotatable bonds is 2. The van der Waals surface area contributed by atoms with E-state index in [9.17, 15) is 23.6 Å². The summed E-state index contributed by atoms with van der Waals surface area (Å²) in [6, 6.07) is 16.7. The zero-order chi connectivity index (χ0) is 24.6. The number of nitrogens with zero attached hydrogens (tertiary/aromatic N) is 1. The quantitative estimate of drug-likeness (QED) is 0.331. The van der Waals surface area contributed by atoms with Crippen molar-refractivity contribution in [3.8, 4) is 0 Å². The van der Waals surface area contributed by atoms with Crippen LogP contribution in [0.5, 0.6) is 0 Å². The highest BCUT2D eigenvalue weighted by atomic mass is 79.9. The Morgan fingerprint density at radius 3 is 2.20 bits per heavy atom. The van der Waals surface area contributed by atoms with Gasteiger partial charge in [-0.1, -0.05) is 63.9 Å². The van der Waals surface area contributed by atoms with E-state index in [0.29, 0.717) is 10.0 Å². The SMILES string of the molecule is O=C1[C@@H]2[C@@H](C(=O)N1c1ccc(F)c(Cl)c1)C1(O[C@H]2c2cccc(Br)c2)C(=O)c2ccccc2C1=O. The number of carbonyl (C=O) groups excluding carboxylic acids is 4. The van der Waals surface area contributed by atoms with Crippen LogP contribution in [0.1, 0.15) is 32.4 Å². The highest BCUT2D eigenvalue weighted by Crippen LogP contribution is 2.57. The second kappa shape index (κ2) is 7.65. The van der Waals surface area contributed by atoms with E-state index in [1.807, 2.05) is 0 Å². The van der Waals surface area contributed by atoms with Gasteiger partial charge in [-0.2, -0.15) is 0 Å². The Morgan fingerprint density at radius 1 is 0.886 bits per heavy atom. The first kappa shape index (κ1) is 22.3. The number of Topliss-reactive ketones (excluding diaryl/α,β-unsaturated/α-hetero) is 2. The Bertz CT molecular complexity index is 1460. The van der Waals surface area contributed by atoms with E-state index in [4.69, 9.17) is 16.3 Å². The lowest BCUT2D eigenvalue weighted by molar-refractivity contribution is -0.127. The van der Waals surface area contributed by atoms with Crippen LogP contribution in [-0.2, 0) is 14.3 Å². The van der Waals surface area contributed by atoms with Crippen LogP contribution in [0, 0.1) is 17.7 Å². The maximum atomic E-state index is 13.8. The molecule has 1 spiro atoms. The van der Waals surface area contributed by atoms with Crippen molar-refractivity contribution >= 4 is 56.6 Å². The molecular weight excluding hydrogens is 541 g/mol. The van der Waals surface area contributed by atoms with Gasteiger partial charge >= 0.3 is 0 Å². The molecule has 3 aromatic rings. The Kier molecular flexibility index (Phi) is 4.87. The molecule has 2 fully saturated rings. The van der Waals surface area contributed by atoms with Gasteiger partial charge < -0.3 is 4.74 Å². The first-order chi connectivity index (χ1) is 16.8. The number of ether oxygens (including phenoxy) is 1. The number of fused-ring (bicyclic) bond motifs is 3. The lowest BCUT2D eigenvalue weighted by Gasteiger charge is -2.27. The zero-order valence-corrected chi connectivity index (χ0v) is 20.0. The maximum Gasteiger partial charge on any atom is 0.241 e. The van der Waals surface area contributed by atoms with Gasteiger partial charge in [0.15, 0.2) is 0 Å². The number of hydrogen-bond acceptors (Lipinski definition) is 5. The molecule has 0 radical (unpaired) electrons. The topological polar surface area (TPSA) is 80.8 Å².